The quantitative estimate of drug-likeness (QED) is 0.686. The number of thiophene rings is 1. The zero-order valence-electron chi connectivity index (χ0n) is 8.08. The summed E-state index contributed by atoms with van der Waals surface area (Å²) in [6.07, 6.45) is 0.377. The van der Waals surface area contributed by atoms with Crippen molar-refractivity contribution in [2.45, 2.75) is 13.0 Å². The molecule has 0 aliphatic rings. The lowest BCUT2D eigenvalue weighted by Gasteiger charge is -1.99. The summed E-state index contributed by atoms with van der Waals surface area (Å²) in [6, 6.07) is 3.93. The fourth-order valence-electron chi connectivity index (χ4n) is 0.986. The van der Waals surface area contributed by atoms with Gasteiger partial charge < -0.3 is 15.8 Å². The Kier molecular flexibility index (Phi) is 4.42. The number of ether oxygens (including phenoxy) is 1. The van der Waals surface area contributed by atoms with E-state index in [1.807, 2.05) is 12.1 Å². The Balaban J connectivity index is 2.21. The van der Waals surface area contributed by atoms with Crippen molar-refractivity contribution in [1.82, 2.24) is 5.32 Å². The number of amides is 1. The number of methoxy groups -OCH3 is 1. The molecule has 1 heterocycles. The minimum absolute atomic E-state index is 0.277. The van der Waals surface area contributed by atoms with E-state index in [9.17, 15) is 4.79 Å². The third-order valence-corrected chi connectivity index (χ3v) is 2.73. The zero-order chi connectivity index (χ0) is 10.4. The summed E-state index contributed by atoms with van der Waals surface area (Å²) in [5.74, 6) is -0.277. The molecule has 0 saturated heterocycles. The average Bonchev–Trinajstić information content (AvgIpc) is 2.60. The van der Waals surface area contributed by atoms with E-state index in [0.29, 0.717) is 13.0 Å². The standard InChI is InChI=1S/C9H14N2O2S/c1-13-9-3-2-7(14-9)6-11-5-4-8(10)12/h2-3,11H,4-6H2,1H3,(H2,10,12). The average molecular weight is 214 g/mol. The van der Waals surface area contributed by atoms with Gasteiger partial charge in [0.25, 0.3) is 0 Å². The summed E-state index contributed by atoms with van der Waals surface area (Å²) in [6.45, 7) is 1.37. The highest BCUT2D eigenvalue weighted by atomic mass is 32.1. The molecule has 0 aromatic carbocycles. The van der Waals surface area contributed by atoms with Crippen molar-refractivity contribution in [2.75, 3.05) is 13.7 Å². The molecule has 0 aliphatic heterocycles. The predicted octanol–water partition coefficient (Wildman–Crippen LogP) is 0.722. The van der Waals surface area contributed by atoms with E-state index in [-0.39, 0.29) is 5.91 Å². The lowest BCUT2D eigenvalue weighted by atomic mass is 10.4. The first-order valence-electron chi connectivity index (χ1n) is 4.34. The van der Waals surface area contributed by atoms with Crippen molar-refractivity contribution in [3.05, 3.63) is 17.0 Å². The summed E-state index contributed by atoms with van der Waals surface area (Å²) in [5, 5.41) is 4.02. The molecule has 0 bridgehead atoms. The second-order valence-corrected chi connectivity index (χ2v) is 3.95. The monoisotopic (exact) mass is 214 g/mol. The van der Waals surface area contributed by atoms with Crippen LogP contribution in [0.3, 0.4) is 0 Å². The van der Waals surface area contributed by atoms with Gasteiger partial charge in [0, 0.05) is 24.4 Å². The van der Waals surface area contributed by atoms with Crippen LogP contribution in [0, 0.1) is 0 Å². The summed E-state index contributed by atoms with van der Waals surface area (Å²) in [7, 11) is 1.65. The molecule has 1 aromatic rings. The molecule has 0 saturated carbocycles. The molecule has 0 spiro atoms. The number of nitrogens with one attached hydrogen (secondary N) is 1. The lowest BCUT2D eigenvalue weighted by Crippen LogP contribution is -2.21. The van der Waals surface area contributed by atoms with E-state index < -0.39 is 0 Å². The Morgan fingerprint density at radius 1 is 1.64 bits per heavy atom. The van der Waals surface area contributed by atoms with E-state index in [2.05, 4.69) is 5.32 Å². The van der Waals surface area contributed by atoms with Crippen molar-refractivity contribution >= 4 is 17.2 Å². The van der Waals surface area contributed by atoms with Crippen molar-refractivity contribution in [2.24, 2.45) is 5.73 Å². The van der Waals surface area contributed by atoms with E-state index >= 15 is 0 Å². The molecule has 78 valence electrons. The van der Waals surface area contributed by atoms with Gasteiger partial charge in [-0.2, -0.15) is 0 Å². The molecule has 0 radical (unpaired) electrons. The molecule has 0 aliphatic carbocycles. The molecule has 0 fully saturated rings. The molecular weight excluding hydrogens is 200 g/mol. The van der Waals surface area contributed by atoms with Gasteiger partial charge in [0.1, 0.15) is 0 Å². The summed E-state index contributed by atoms with van der Waals surface area (Å²) in [4.78, 5) is 11.6. The SMILES string of the molecule is COc1ccc(CNCCC(N)=O)s1. The molecule has 5 heteroatoms. The summed E-state index contributed by atoms with van der Waals surface area (Å²) < 4.78 is 5.06. The van der Waals surface area contributed by atoms with E-state index in [4.69, 9.17) is 10.5 Å². The van der Waals surface area contributed by atoms with Crippen molar-refractivity contribution in [1.29, 1.82) is 0 Å². The van der Waals surface area contributed by atoms with Crippen LogP contribution in [0.1, 0.15) is 11.3 Å². The maximum absolute atomic E-state index is 10.4. The molecule has 1 aromatic heterocycles. The number of nitrogens with two attached hydrogens (primary N) is 1. The fourth-order valence-corrected chi connectivity index (χ4v) is 1.77. The van der Waals surface area contributed by atoms with Crippen LogP contribution in [0.25, 0.3) is 0 Å². The number of rotatable bonds is 6. The maximum Gasteiger partial charge on any atom is 0.218 e. The number of carbonyl (C=O) groups excluding carboxylic acids is 1. The maximum atomic E-state index is 10.4. The minimum Gasteiger partial charge on any atom is -0.487 e. The van der Waals surface area contributed by atoms with Gasteiger partial charge in [-0.3, -0.25) is 4.79 Å². The van der Waals surface area contributed by atoms with Crippen molar-refractivity contribution in [3.63, 3.8) is 0 Å². The highest BCUT2D eigenvalue weighted by Crippen LogP contribution is 2.23. The zero-order valence-corrected chi connectivity index (χ0v) is 8.89. The third kappa shape index (κ3) is 3.76. The fraction of sp³-hybridized carbons (Fsp3) is 0.444. The smallest absolute Gasteiger partial charge is 0.218 e. The Hall–Kier alpha value is -1.07. The Labute approximate surface area is 87.1 Å². The van der Waals surface area contributed by atoms with E-state index in [1.165, 1.54) is 4.88 Å². The van der Waals surface area contributed by atoms with E-state index in [0.717, 1.165) is 11.6 Å². The van der Waals surface area contributed by atoms with Gasteiger partial charge in [0.15, 0.2) is 5.06 Å². The summed E-state index contributed by atoms with van der Waals surface area (Å²) >= 11 is 1.59. The Bertz CT molecular complexity index is 299. The van der Waals surface area contributed by atoms with Gasteiger partial charge in [-0.05, 0) is 12.1 Å². The molecule has 0 atom stereocenters. The van der Waals surface area contributed by atoms with Crippen LogP contribution >= 0.6 is 11.3 Å². The molecule has 3 N–H and O–H groups in total. The molecule has 1 amide bonds. The molecular formula is C9H14N2O2S. The number of carbonyl (C=O) groups is 1. The molecule has 0 unspecified atom stereocenters. The molecule has 1 rings (SSSR count). The van der Waals surface area contributed by atoms with Gasteiger partial charge >= 0.3 is 0 Å². The van der Waals surface area contributed by atoms with Crippen molar-refractivity contribution < 1.29 is 9.53 Å². The Morgan fingerprint density at radius 3 is 3.00 bits per heavy atom. The minimum atomic E-state index is -0.277. The highest BCUT2D eigenvalue weighted by molar-refractivity contribution is 7.13. The van der Waals surface area contributed by atoms with Gasteiger partial charge in [0.05, 0.1) is 7.11 Å². The van der Waals surface area contributed by atoms with Crippen LogP contribution in [0.15, 0.2) is 12.1 Å². The van der Waals surface area contributed by atoms with Crippen LogP contribution in [0.2, 0.25) is 0 Å². The van der Waals surface area contributed by atoms with Gasteiger partial charge in [0.2, 0.25) is 5.91 Å². The van der Waals surface area contributed by atoms with Crippen LogP contribution in [-0.4, -0.2) is 19.6 Å². The van der Waals surface area contributed by atoms with Crippen LogP contribution in [0.5, 0.6) is 5.06 Å². The predicted molar refractivity (Wildman–Crippen MR) is 56.4 cm³/mol. The molecule has 14 heavy (non-hydrogen) atoms. The number of hydrogen-bond acceptors (Lipinski definition) is 4. The third-order valence-electron chi connectivity index (χ3n) is 1.69. The second-order valence-electron chi connectivity index (χ2n) is 2.82. The second kappa shape index (κ2) is 5.62. The normalized spacial score (nSPS) is 10.1. The van der Waals surface area contributed by atoms with E-state index in [1.54, 1.807) is 18.4 Å². The largest absolute Gasteiger partial charge is 0.487 e. The van der Waals surface area contributed by atoms with Gasteiger partial charge in [-0.1, -0.05) is 0 Å². The highest BCUT2D eigenvalue weighted by Gasteiger charge is 1.99. The van der Waals surface area contributed by atoms with Gasteiger partial charge in [-0.15, -0.1) is 11.3 Å². The lowest BCUT2D eigenvalue weighted by molar-refractivity contribution is -0.117. The first-order valence-corrected chi connectivity index (χ1v) is 5.15. The topological polar surface area (TPSA) is 64.3 Å². The van der Waals surface area contributed by atoms with Crippen molar-refractivity contribution in [3.8, 4) is 5.06 Å². The first kappa shape index (κ1) is 11.0. The number of primary amides is 1. The number of hydrogen-bond donors (Lipinski definition) is 2. The first-order chi connectivity index (χ1) is 6.72. The molecule has 4 nitrogen and oxygen atoms in total. The van der Waals surface area contributed by atoms with Crippen LogP contribution in [-0.2, 0) is 11.3 Å². The van der Waals surface area contributed by atoms with Gasteiger partial charge in [-0.25, -0.2) is 0 Å². The Morgan fingerprint density at radius 2 is 2.43 bits per heavy atom. The van der Waals surface area contributed by atoms with Crippen LogP contribution < -0.4 is 15.8 Å². The van der Waals surface area contributed by atoms with Crippen LogP contribution in [0.4, 0.5) is 0 Å². The summed E-state index contributed by atoms with van der Waals surface area (Å²) in [5.41, 5.74) is 5.00.